The fourth-order valence-corrected chi connectivity index (χ4v) is 2.79. The van der Waals surface area contributed by atoms with E-state index in [2.05, 4.69) is 33.0 Å². The van der Waals surface area contributed by atoms with Crippen LogP contribution in [0.5, 0.6) is 0 Å². The molecule has 0 spiro atoms. The van der Waals surface area contributed by atoms with E-state index < -0.39 is 0 Å². The van der Waals surface area contributed by atoms with Gasteiger partial charge in [-0.25, -0.2) is 4.98 Å². The summed E-state index contributed by atoms with van der Waals surface area (Å²) in [6.07, 6.45) is 1.71. The number of nitrogens with two attached hydrogens (primary N) is 1. The van der Waals surface area contributed by atoms with Crippen molar-refractivity contribution in [3.8, 4) is 0 Å². The van der Waals surface area contributed by atoms with Crippen LogP contribution in [0.25, 0.3) is 0 Å². The summed E-state index contributed by atoms with van der Waals surface area (Å²) in [5, 5.41) is 0. The molecule has 0 saturated heterocycles. The number of nitrogen functional groups attached to an aromatic ring is 1. The van der Waals surface area contributed by atoms with Gasteiger partial charge in [0.2, 0.25) is 0 Å². The fourth-order valence-electron chi connectivity index (χ4n) is 1.29. The average molecular weight is 295 g/mol. The molecule has 0 unspecified atom stereocenters. The van der Waals surface area contributed by atoms with Crippen molar-refractivity contribution < 1.29 is 0 Å². The first-order chi connectivity index (χ1) is 7.75. The summed E-state index contributed by atoms with van der Waals surface area (Å²) < 4.78 is 1.09. The summed E-state index contributed by atoms with van der Waals surface area (Å²) in [7, 11) is 0. The Morgan fingerprint density at radius 2 is 2.12 bits per heavy atom. The molecule has 4 heteroatoms. The van der Waals surface area contributed by atoms with Crippen LogP contribution in [0.15, 0.2) is 52.0 Å². The topological polar surface area (TPSA) is 38.9 Å². The standard InChI is InChI=1S/C12H11BrN2S/c13-10-4-1-5-11(7-10)16-8-9-3-2-6-15-12(9)14/h1-7H,8H2,(H2,14,15). The van der Waals surface area contributed by atoms with Gasteiger partial charge in [0.05, 0.1) is 0 Å². The highest BCUT2D eigenvalue weighted by Gasteiger charge is 2.00. The van der Waals surface area contributed by atoms with Gasteiger partial charge in [-0.15, -0.1) is 11.8 Å². The van der Waals surface area contributed by atoms with E-state index in [-0.39, 0.29) is 0 Å². The van der Waals surface area contributed by atoms with Gasteiger partial charge in [0.15, 0.2) is 0 Å². The maximum absolute atomic E-state index is 5.78. The first kappa shape index (κ1) is 11.5. The molecule has 0 amide bonds. The van der Waals surface area contributed by atoms with E-state index in [4.69, 9.17) is 5.73 Å². The Bertz CT molecular complexity index is 488. The molecule has 0 radical (unpaired) electrons. The van der Waals surface area contributed by atoms with Gasteiger partial charge in [-0.1, -0.05) is 28.1 Å². The Morgan fingerprint density at radius 1 is 1.25 bits per heavy atom. The Morgan fingerprint density at radius 3 is 2.88 bits per heavy atom. The Hall–Kier alpha value is -1.00. The molecule has 1 aromatic heterocycles. The lowest BCUT2D eigenvalue weighted by molar-refractivity contribution is 1.26. The molecule has 0 atom stereocenters. The third-order valence-electron chi connectivity index (χ3n) is 2.12. The van der Waals surface area contributed by atoms with Gasteiger partial charge in [-0.2, -0.15) is 0 Å². The van der Waals surface area contributed by atoms with Crippen molar-refractivity contribution in [2.75, 3.05) is 5.73 Å². The van der Waals surface area contributed by atoms with Crippen LogP contribution in [-0.2, 0) is 5.75 Å². The largest absolute Gasteiger partial charge is 0.383 e. The zero-order valence-corrected chi connectivity index (χ0v) is 11.0. The number of hydrogen-bond acceptors (Lipinski definition) is 3. The number of anilines is 1. The van der Waals surface area contributed by atoms with Gasteiger partial charge in [-0.05, 0) is 24.3 Å². The summed E-state index contributed by atoms with van der Waals surface area (Å²) in [6, 6.07) is 12.1. The lowest BCUT2D eigenvalue weighted by Crippen LogP contribution is -1.94. The molecule has 0 fully saturated rings. The second kappa shape index (κ2) is 5.37. The summed E-state index contributed by atoms with van der Waals surface area (Å²) in [5.41, 5.74) is 6.86. The number of hydrogen-bond donors (Lipinski definition) is 1. The first-order valence-electron chi connectivity index (χ1n) is 4.83. The zero-order chi connectivity index (χ0) is 11.4. The molecule has 82 valence electrons. The maximum Gasteiger partial charge on any atom is 0.127 e. The molecule has 0 aliphatic carbocycles. The third kappa shape index (κ3) is 3.00. The molecule has 1 aromatic carbocycles. The quantitative estimate of drug-likeness (QED) is 0.877. The van der Waals surface area contributed by atoms with Gasteiger partial charge < -0.3 is 5.73 Å². The van der Waals surface area contributed by atoms with Crippen molar-refractivity contribution in [3.63, 3.8) is 0 Å². The van der Waals surface area contributed by atoms with E-state index in [0.717, 1.165) is 15.8 Å². The smallest absolute Gasteiger partial charge is 0.127 e. The lowest BCUT2D eigenvalue weighted by atomic mass is 10.3. The summed E-state index contributed by atoms with van der Waals surface area (Å²) >= 11 is 5.20. The van der Waals surface area contributed by atoms with Gasteiger partial charge >= 0.3 is 0 Å². The SMILES string of the molecule is Nc1ncccc1CSc1cccc(Br)c1. The van der Waals surface area contributed by atoms with Crippen molar-refractivity contribution >= 4 is 33.5 Å². The first-order valence-corrected chi connectivity index (χ1v) is 6.61. The minimum absolute atomic E-state index is 0.616. The number of aromatic nitrogens is 1. The molecule has 0 saturated carbocycles. The molecular formula is C12H11BrN2S. The summed E-state index contributed by atoms with van der Waals surface area (Å²) in [6.45, 7) is 0. The van der Waals surface area contributed by atoms with Gasteiger partial charge in [-0.3, -0.25) is 0 Å². The second-order valence-electron chi connectivity index (χ2n) is 3.29. The van der Waals surface area contributed by atoms with Crippen LogP contribution < -0.4 is 5.73 Å². The average Bonchev–Trinajstić information content (AvgIpc) is 2.28. The monoisotopic (exact) mass is 294 g/mol. The number of pyridine rings is 1. The highest BCUT2D eigenvalue weighted by atomic mass is 79.9. The Balaban J connectivity index is 2.05. The fraction of sp³-hybridized carbons (Fsp3) is 0.0833. The molecular weight excluding hydrogens is 284 g/mol. The maximum atomic E-state index is 5.78. The summed E-state index contributed by atoms with van der Waals surface area (Å²) in [5.74, 6) is 1.46. The summed E-state index contributed by atoms with van der Waals surface area (Å²) in [4.78, 5) is 5.28. The van der Waals surface area contributed by atoms with E-state index in [1.165, 1.54) is 4.90 Å². The van der Waals surface area contributed by atoms with Crippen LogP contribution in [0.2, 0.25) is 0 Å². The molecule has 1 heterocycles. The highest BCUT2D eigenvalue weighted by Crippen LogP contribution is 2.26. The van der Waals surface area contributed by atoms with Crippen molar-refractivity contribution in [1.29, 1.82) is 0 Å². The number of thioether (sulfide) groups is 1. The lowest BCUT2D eigenvalue weighted by Gasteiger charge is -2.04. The van der Waals surface area contributed by atoms with Crippen molar-refractivity contribution in [2.24, 2.45) is 0 Å². The molecule has 16 heavy (non-hydrogen) atoms. The molecule has 2 aromatic rings. The normalized spacial score (nSPS) is 10.3. The Kier molecular flexibility index (Phi) is 3.85. The number of rotatable bonds is 3. The van der Waals surface area contributed by atoms with Crippen LogP contribution in [0.4, 0.5) is 5.82 Å². The highest BCUT2D eigenvalue weighted by molar-refractivity contribution is 9.10. The Labute approximate surface area is 107 Å². The molecule has 2 nitrogen and oxygen atoms in total. The predicted molar refractivity (Wildman–Crippen MR) is 72.4 cm³/mol. The molecule has 0 bridgehead atoms. The number of nitrogens with zero attached hydrogens (tertiary/aromatic N) is 1. The van der Waals surface area contributed by atoms with E-state index in [1.807, 2.05) is 24.3 Å². The minimum Gasteiger partial charge on any atom is -0.383 e. The van der Waals surface area contributed by atoms with Crippen LogP contribution in [0, 0.1) is 0 Å². The van der Waals surface area contributed by atoms with Gasteiger partial charge in [0.1, 0.15) is 5.82 Å². The molecule has 0 aliphatic heterocycles. The van der Waals surface area contributed by atoms with Crippen molar-refractivity contribution in [3.05, 3.63) is 52.6 Å². The molecule has 2 N–H and O–H groups in total. The van der Waals surface area contributed by atoms with Crippen molar-refractivity contribution in [2.45, 2.75) is 10.6 Å². The van der Waals surface area contributed by atoms with Crippen LogP contribution in [-0.4, -0.2) is 4.98 Å². The van der Waals surface area contributed by atoms with Crippen molar-refractivity contribution in [1.82, 2.24) is 4.98 Å². The van der Waals surface area contributed by atoms with E-state index in [0.29, 0.717) is 5.82 Å². The molecule has 0 aliphatic rings. The zero-order valence-electron chi connectivity index (χ0n) is 8.56. The van der Waals surface area contributed by atoms with Crippen LogP contribution in [0.1, 0.15) is 5.56 Å². The van der Waals surface area contributed by atoms with Gasteiger partial charge in [0.25, 0.3) is 0 Å². The van der Waals surface area contributed by atoms with Crippen LogP contribution >= 0.6 is 27.7 Å². The van der Waals surface area contributed by atoms with Crippen LogP contribution in [0.3, 0.4) is 0 Å². The molecule has 2 rings (SSSR count). The van der Waals surface area contributed by atoms with Gasteiger partial charge in [0, 0.05) is 26.9 Å². The second-order valence-corrected chi connectivity index (χ2v) is 5.26. The number of benzene rings is 1. The minimum atomic E-state index is 0.616. The number of halogens is 1. The van der Waals surface area contributed by atoms with E-state index in [1.54, 1.807) is 18.0 Å². The predicted octanol–water partition coefficient (Wildman–Crippen LogP) is 3.72. The third-order valence-corrected chi connectivity index (χ3v) is 3.65. The van der Waals surface area contributed by atoms with E-state index in [9.17, 15) is 0 Å². The van der Waals surface area contributed by atoms with E-state index >= 15 is 0 Å².